The van der Waals surface area contributed by atoms with Crippen LogP contribution < -0.4 is 5.32 Å². The highest BCUT2D eigenvalue weighted by Gasteiger charge is 2.18. The molecular weight excluding hydrogens is 462 g/mol. The molecule has 0 spiro atoms. The third-order valence-electron chi connectivity index (χ3n) is 4.27. The van der Waals surface area contributed by atoms with E-state index in [0.29, 0.717) is 16.7 Å². The lowest BCUT2D eigenvalue weighted by molar-refractivity contribution is -0.113. The number of pyridine rings is 1. The molecular formula is C22H18BrN5OS. The van der Waals surface area contributed by atoms with Crippen molar-refractivity contribution < 1.29 is 4.79 Å². The zero-order valence-corrected chi connectivity index (χ0v) is 18.5. The Kier molecular flexibility index (Phi) is 6.25. The highest BCUT2D eigenvalue weighted by Crippen LogP contribution is 2.28. The zero-order chi connectivity index (χ0) is 20.9. The molecule has 6 nitrogen and oxygen atoms in total. The third-order valence-corrected chi connectivity index (χ3v) is 5.86. The molecule has 1 N–H and O–H groups in total. The van der Waals surface area contributed by atoms with E-state index in [1.54, 1.807) is 6.20 Å². The summed E-state index contributed by atoms with van der Waals surface area (Å²) < 4.78 is 2.77. The second kappa shape index (κ2) is 9.23. The van der Waals surface area contributed by atoms with Crippen LogP contribution in [-0.4, -0.2) is 31.4 Å². The van der Waals surface area contributed by atoms with Crippen molar-refractivity contribution in [3.63, 3.8) is 0 Å². The number of hydrogen-bond donors (Lipinski definition) is 1. The normalized spacial score (nSPS) is 10.7. The van der Waals surface area contributed by atoms with Crippen molar-refractivity contribution in [3.8, 4) is 17.2 Å². The number of thioether (sulfide) groups is 1. The lowest BCUT2D eigenvalue weighted by Gasteiger charge is -2.10. The number of nitrogens with one attached hydrogen (secondary N) is 1. The minimum Gasteiger partial charge on any atom is -0.324 e. The molecule has 150 valence electrons. The molecule has 0 aliphatic carbocycles. The molecule has 2 heterocycles. The number of para-hydroxylation sites is 1. The Labute approximate surface area is 186 Å². The van der Waals surface area contributed by atoms with E-state index in [-0.39, 0.29) is 11.7 Å². The second-order valence-corrected chi connectivity index (χ2v) is 8.31. The maximum Gasteiger partial charge on any atom is 0.234 e. The maximum atomic E-state index is 12.5. The molecule has 0 atom stereocenters. The first kappa shape index (κ1) is 20.3. The van der Waals surface area contributed by atoms with Crippen molar-refractivity contribution in [2.24, 2.45) is 0 Å². The van der Waals surface area contributed by atoms with Gasteiger partial charge in [0.15, 0.2) is 11.0 Å². The molecule has 4 rings (SSSR count). The topological polar surface area (TPSA) is 72.7 Å². The van der Waals surface area contributed by atoms with Gasteiger partial charge in [0, 0.05) is 16.4 Å². The first-order chi connectivity index (χ1) is 14.6. The number of amides is 1. The zero-order valence-electron chi connectivity index (χ0n) is 16.1. The van der Waals surface area contributed by atoms with E-state index in [2.05, 4.69) is 36.4 Å². The number of carbonyl (C=O) groups excluding carboxylic acids is 1. The SMILES string of the molecule is Cc1ccc(NC(=O)CSc2nnc(-c3ccccn3)n2-c2ccccc2)c(Br)c1. The summed E-state index contributed by atoms with van der Waals surface area (Å²) in [4.78, 5) is 16.9. The lowest BCUT2D eigenvalue weighted by atomic mass is 10.2. The van der Waals surface area contributed by atoms with Crippen LogP contribution in [0.3, 0.4) is 0 Å². The molecule has 0 aliphatic heterocycles. The standard InChI is InChI=1S/C22H18BrN5OS/c1-15-10-11-18(17(23)13-15)25-20(29)14-30-22-27-26-21(19-9-5-6-12-24-19)28(22)16-7-3-2-4-8-16/h2-13H,14H2,1H3,(H,25,29). The van der Waals surface area contributed by atoms with Crippen LogP contribution in [0.25, 0.3) is 17.2 Å². The van der Waals surface area contributed by atoms with Gasteiger partial charge in [0.1, 0.15) is 5.69 Å². The fraction of sp³-hybridized carbons (Fsp3) is 0.0909. The molecule has 0 saturated carbocycles. The van der Waals surface area contributed by atoms with E-state index in [9.17, 15) is 4.79 Å². The van der Waals surface area contributed by atoms with E-state index >= 15 is 0 Å². The van der Waals surface area contributed by atoms with Crippen molar-refractivity contribution in [2.45, 2.75) is 12.1 Å². The number of hydrogen-bond acceptors (Lipinski definition) is 5. The van der Waals surface area contributed by atoms with Crippen LogP contribution in [0, 0.1) is 6.92 Å². The number of rotatable bonds is 6. The number of benzene rings is 2. The van der Waals surface area contributed by atoms with E-state index in [0.717, 1.165) is 21.4 Å². The smallest absolute Gasteiger partial charge is 0.234 e. The van der Waals surface area contributed by atoms with Crippen molar-refractivity contribution in [1.29, 1.82) is 0 Å². The van der Waals surface area contributed by atoms with Crippen LogP contribution in [0.1, 0.15) is 5.56 Å². The van der Waals surface area contributed by atoms with Gasteiger partial charge >= 0.3 is 0 Å². The first-order valence-electron chi connectivity index (χ1n) is 9.23. The molecule has 0 fully saturated rings. The van der Waals surface area contributed by atoms with Crippen molar-refractivity contribution in [3.05, 3.63) is 83.0 Å². The average molecular weight is 480 g/mol. The molecule has 2 aromatic carbocycles. The van der Waals surface area contributed by atoms with Gasteiger partial charge in [0.25, 0.3) is 0 Å². The van der Waals surface area contributed by atoms with Gasteiger partial charge in [-0.1, -0.05) is 42.1 Å². The average Bonchev–Trinajstić information content (AvgIpc) is 3.19. The van der Waals surface area contributed by atoms with E-state index in [4.69, 9.17) is 0 Å². The molecule has 8 heteroatoms. The molecule has 1 amide bonds. The van der Waals surface area contributed by atoms with Crippen LogP contribution in [0.2, 0.25) is 0 Å². The summed E-state index contributed by atoms with van der Waals surface area (Å²) in [7, 11) is 0. The van der Waals surface area contributed by atoms with Gasteiger partial charge in [0.2, 0.25) is 5.91 Å². The van der Waals surface area contributed by atoms with Crippen LogP contribution in [0.15, 0.2) is 82.6 Å². The Morgan fingerprint density at radius 1 is 1.07 bits per heavy atom. The van der Waals surface area contributed by atoms with E-state index in [1.165, 1.54) is 11.8 Å². The van der Waals surface area contributed by atoms with Gasteiger partial charge in [-0.15, -0.1) is 10.2 Å². The second-order valence-electron chi connectivity index (χ2n) is 6.51. The Hall–Kier alpha value is -2.97. The summed E-state index contributed by atoms with van der Waals surface area (Å²) in [5.41, 5.74) is 3.48. The fourth-order valence-electron chi connectivity index (χ4n) is 2.87. The molecule has 0 aliphatic rings. The molecule has 2 aromatic heterocycles. The fourth-order valence-corrected chi connectivity index (χ4v) is 4.22. The van der Waals surface area contributed by atoms with Gasteiger partial charge in [-0.3, -0.25) is 14.3 Å². The van der Waals surface area contributed by atoms with Crippen molar-refractivity contribution >= 4 is 39.3 Å². The number of aromatic nitrogens is 4. The summed E-state index contributed by atoms with van der Waals surface area (Å²) in [6.45, 7) is 2.00. The number of aryl methyl sites for hydroxylation is 1. The van der Waals surface area contributed by atoms with Gasteiger partial charge in [-0.05, 0) is 64.8 Å². The number of nitrogens with zero attached hydrogens (tertiary/aromatic N) is 4. The van der Waals surface area contributed by atoms with Crippen LogP contribution in [0.4, 0.5) is 5.69 Å². The molecule has 0 bridgehead atoms. The molecule has 0 radical (unpaired) electrons. The quantitative estimate of drug-likeness (QED) is 0.388. The van der Waals surface area contributed by atoms with Gasteiger partial charge in [0.05, 0.1) is 11.4 Å². The highest BCUT2D eigenvalue weighted by atomic mass is 79.9. The Morgan fingerprint density at radius 2 is 1.87 bits per heavy atom. The Balaban J connectivity index is 1.57. The van der Waals surface area contributed by atoms with E-state index < -0.39 is 0 Å². The molecule has 4 aromatic rings. The van der Waals surface area contributed by atoms with Crippen molar-refractivity contribution in [1.82, 2.24) is 19.7 Å². The monoisotopic (exact) mass is 479 g/mol. The lowest BCUT2D eigenvalue weighted by Crippen LogP contribution is -2.15. The predicted octanol–water partition coefficient (Wildman–Crippen LogP) is 5.13. The number of anilines is 1. The summed E-state index contributed by atoms with van der Waals surface area (Å²) in [5.74, 6) is 0.713. The summed E-state index contributed by atoms with van der Waals surface area (Å²) in [6, 6.07) is 21.3. The Bertz CT molecular complexity index is 1160. The van der Waals surface area contributed by atoms with Crippen LogP contribution in [-0.2, 0) is 4.79 Å². The van der Waals surface area contributed by atoms with Crippen LogP contribution >= 0.6 is 27.7 Å². The van der Waals surface area contributed by atoms with Gasteiger partial charge in [-0.2, -0.15) is 0 Å². The molecule has 0 saturated heterocycles. The highest BCUT2D eigenvalue weighted by molar-refractivity contribution is 9.10. The molecule has 30 heavy (non-hydrogen) atoms. The summed E-state index contributed by atoms with van der Waals surface area (Å²) in [5, 5.41) is 12.2. The number of carbonyl (C=O) groups is 1. The number of halogens is 1. The largest absolute Gasteiger partial charge is 0.324 e. The van der Waals surface area contributed by atoms with Crippen molar-refractivity contribution in [2.75, 3.05) is 11.1 Å². The van der Waals surface area contributed by atoms with E-state index in [1.807, 2.05) is 78.2 Å². The Morgan fingerprint density at radius 3 is 2.60 bits per heavy atom. The first-order valence-corrected chi connectivity index (χ1v) is 11.0. The molecule has 0 unspecified atom stereocenters. The minimum atomic E-state index is -0.119. The minimum absolute atomic E-state index is 0.119. The van der Waals surface area contributed by atoms with Gasteiger partial charge < -0.3 is 5.32 Å². The maximum absolute atomic E-state index is 12.5. The predicted molar refractivity (Wildman–Crippen MR) is 123 cm³/mol. The summed E-state index contributed by atoms with van der Waals surface area (Å²) in [6.07, 6.45) is 1.72. The summed E-state index contributed by atoms with van der Waals surface area (Å²) >= 11 is 4.82. The van der Waals surface area contributed by atoms with Gasteiger partial charge in [-0.25, -0.2) is 0 Å². The van der Waals surface area contributed by atoms with Crippen LogP contribution in [0.5, 0.6) is 0 Å². The third kappa shape index (κ3) is 4.60.